The molecule has 0 radical (unpaired) electrons. The van der Waals surface area contributed by atoms with Gasteiger partial charge in [0.15, 0.2) is 5.82 Å². The second-order valence-electron chi connectivity index (χ2n) is 5.45. The van der Waals surface area contributed by atoms with E-state index in [4.69, 9.17) is 4.52 Å². The van der Waals surface area contributed by atoms with Gasteiger partial charge in [0.1, 0.15) is 0 Å². The van der Waals surface area contributed by atoms with Crippen LogP contribution < -0.4 is 5.32 Å². The van der Waals surface area contributed by atoms with Crippen LogP contribution in [0.5, 0.6) is 0 Å². The summed E-state index contributed by atoms with van der Waals surface area (Å²) in [4.78, 5) is 15.5. The van der Waals surface area contributed by atoms with Crippen LogP contribution in [-0.4, -0.2) is 22.1 Å². The average Bonchev–Trinajstić information content (AvgIpc) is 3.10. The molecule has 21 heavy (non-hydrogen) atoms. The molecular weight excluding hydrogens is 266 g/mol. The van der Waals surface area contributed by atoms with Crippen molar-refractivity contribution < 1.29 is 9.32 Å². The van der Waals surface area contributed by atoms with E-state index in [1.165, 1.54) is 5.56 Å². The van der Waals surface area contributed by atoms with E-state index in [1.807, 2.05) is 6.07 Å². The Morgan fingerprint density at radius 3 is 2.86 bits per heavy atom. The minimum Gasteiger partial charge on any atom is -0.353 e. The summed E-state index contributed by atoms with van der Waals surface area (Å²) in [5.41, 5.74) is 1.33. The molecule has 0 saturated carbocycles. The van der Waals surface area contributed by atoms with E-state index < -0.39 is 0 Å². The van der Waals surface area contributed by atoms with Gasteiger partial charge in [-0.3, -0.25) is 4.79 Å². The van der Waals surface area contributed by atoms with Gasteiger partial charge >= 0.3 is 0 Å². The molecule has 1 amide bonds. The Kier molecular flexibility index (Phi) is 4.28. The third-order valence-corrected chi connectivity index (χ3v) is 3.72. The number of aromatic nitrogens is 2. The van der Waals surface area contributed by atoms with E-state index in [9.17, 15) is 4.79 Å². The van der Waals surface area contributed by atoms with Gasteiger partial charge in [0, 0.05) is 25.3 Å². The van der Waals surface area contributed by atoms with Gasteiger partial charge in [0.25, 0.3) is 0 Å². The predicted octanol–water partition coefficient (Wildman–Crippen LogP) is 2.07. The fourth-order valence-electron chi connectivity index (χ4n) is 2.61. The second kappa shape index (κ2) is 6.52. The second-order valence-corrected chi connectivity index (χ2v) is 5.45. The maximum Gasteiger partial charge on any atom is 0.228 e. The Balaban J connectivity index is 1.45. The molecule has 1 aromatic heterocycles. The fourth-order valence-corrected chi connectivity index (χ4v) is 2.61. The van der Waals surface area contributed by atoms with Crippen molar-refractivity contribution in [3.8, 4) is 0 Å². The van der Waals surface area contributed by atoms with Crippen LogP contribution in [0.25, 0.3) is 0 Å². The lowest BCUT2D eigenvalue weighted by molar-refractivity contribution is -0.119. The van der Waals surface area contributed by atoms with E-state index in [0.29, 0.717) is 18.7 Å². The van der Waals surface area contributed by atoms with E-state index in [0.717, 1.165) is 31.5 Å². The molecule has 1 aliphatic rings. The van der Waals surface area contributed by atoms with Gasteiger partial charge in [0.05, 0.1) is 0 Å². The molecule has 5 heteroatoms. The lowest BCUT2D eigenvalue weighted by atomic mass is 10.1. The highest BCUT2D eigenvalue weighted by Crippen LogP contribution is 2.12. The van der Waals surface area contributed by atoms with Crippen molar-refractivity contribution >= 4 is 5.91 Å². The Labute approximate surface area is 123 Å². The highest BCUT2D eigenvalue weighted by molar-refractivity contribution is 5.78. The lowest BCUT2D eigenvalue weighted by Gasteiger charge is -2.04. The van der Waals surface area contributed by atoms with E-state index in [1.54, 1.807) is 0 Å². The fraction of sp³-hybridized carbons (Fsp3) is 0.438. The molecule has 0 spiro atoms. The van der Waals surface area contributed by atoms with Crippen LogP contribution in [0.3, 0.4) is 0 Å². The molecule has 5 nitrogen and oxygen atoms in total. The minimum atomic E-state index is 0.114. The maximum atomic E-state index is 11.1. The van der Waals surface area contributed by atoms with Crippen molar-refractivity contribution in [1.29, 1.82) is 0 Å². The van der Waals surface area contributed by atoms with Crippen LogP contribution in [0.15, 0.2) is 34.9 Å². The summed E-state index contributed by atoms with van der Waals surface area (Å²) in [6, 6.07) is 10.5. The van der Waals surface area contributed by atoms with E-state index in [2.05, 4.69) is 39.7 Å². The van der Waals surface area contributed by atoms with Gasteiger partial charge in [-0.15, -0.1) is 0 Å². The van der Waals surface area contributed by atoms with Crippen LogP contribution in [0.2, 0.25) is 0 Å². The zero-order chi connectivity index (χ0) is 14.5. The molecule has 2 aromatic rings. The minimum absolute atomic E-state index is 0.114. The molecule has 3 rings (SSSR count). The first kappa shape index (κ1) is 13.8. The zero-order valence-corrected chi connectivity index (χ0v) is 11.9. The van der Waals surface area contributed by atoms with E-state index >= 15 is 0 Å². The Hall–Kier alpha value is -2.17. The monoisotopic (exact) mass is 285 g/mol. The van der Waals surface area contributed by atoms with Crippen LogP contribution >= 0.6 is 0 Å². The first-order valence-corrected chi connectivity index (χ1v) is 7.44. The Bertz CT molecular complexity index is 595. The van der Waals surface area contributed by atoms with Gasteiger partial charge in [0.2, 0.25) is 11.8 Å². The largest absolute Gasteiger partial charge is 0.353 e. The van der Waals surface area contributed by atoms with Gasteiger partial charge in [-0.2, -0.15) is 4.98 Å². The predicted molar refractivity (Wildman–Crippen MR) is 77.6 cm³/mol. The van der Waals surface area contributed by atoms with Crippen molar-refractivity contribution in [2.45, 2.75) is 44.6 Å². The Morgan fingerprint density at radius 2 is 2.10 bits per heavy atom. The topological polar surface area (TPSA) is 68.0 Å². The zero-order valence-electron chi connectivity index (χ0n) is 11.9. The quantitative estimate of drug-likeness (QED) is 0.882. The number of nitrogens with zero attached hydrogens (tertiary/aromatic N) is 2. The molecule has 1 N–H and O–H groups in total. The standard InChI is InChI=1S/C16H19N3O2/c20-15-10-9-13(17-15)11-16-18-14(19-21-16)8-4-7-12-5-2-1-3-6-12/h1-3,5-6,13H,4,7-11H2,(H,17,20)/t13-/m1/s1. The summed E-state index contributed by atoms with van der Waals surface area (Å²) >= 11 is 0. The molecule has 0 unspecified atom stereocenters. The molecule has 110 valence electrons. The molecular formula is C16H19N3O2. The number of carbonyl (C=O) groups excluding carboxylic acids is 1. The molecule has 1 fully saturated rings. The number of aryl methyl sites for hydroxylation is 2. The summed E-state index contributed by atoms with van der Waals surface area (Å²) in [6.07, 6.45) is 4.92. The Morgan fingerprint density at radius 1 is 1.24 bits per heavy atom. The molecule has 1 aliphatic heterocycles. The third kappa shape index (κ3) is 3.90. The number of rotatable bonds is 6. The number of nitrogens with one attached hydrogen (secondary N) is 1. The molecule has 0 bridgehead atoms. The summed E-state index contributed by atoms with van der Waals surface area (Å²) in [7, 11) is 0. The van der Waals surface area contributed by atoms with Crippen molar-refractivity contribution in [1.82, 2.24) is 15.5 Å². The van der Waals surface area contributed by atoms with Crippen LogP contribution in [0.1, 0.15) is 36.5 Å². The van der Waals surface area contributed by atoms with Gasteiger partial charge in [-0.25, -0.2) is 0 Å². The third-order valence-electron chi connectivity index (χ3n) is 3.72. The summed E-state index contributed by atoms with van der Waals surface area (Å²) in [5, 5.41) is 6.92. The number of hydrogen-bond donors (Lipinski definition) is 1. The highest BCUT2D eigenvalue weighted by atomic mass is 16.5. The van der Waals surface area contributed by atoms with Crippen LogP contribution in [0.4, 0.5) is 0 Å². The molecule has 1 atom stereocenters. The van der Waals surface area contributed by atoms with Crippen LogP contribution in [-0.2, 0) is 24.1 Å². The van der Waals surface area contributed by atoms with Gasteiger partial charge < -0.3 is 9.84 Å². The molecule has 1 saturated heterocycles. The van der Waals surface area contributed by atoms with Crippen molar-refractivity contribution in [3.05, 3.63) is 47.6 Å². The number of benzene rings is 1. The maximum absolute atomic E-state index is 11.1. The normalized spacial score (nSPS) is 17.9. The average molecular weight is 285 g/mol. The van der Waals surface area contributed by atoms with E-state index in [-0.39, 0.29) is 11.9 Å². The van der Waals surface area contributed by atoms with Crippen molar-refractivity contribution in [2.24, 2.45) is 0 Å². The summed E-state index contributed by atoms with van der Waals surface area (Å²) in [6.45, 7) is 0. The van der Waals surface area contributed by atoms with Crippen molar-refractivity contribution in [3.63, 3.8) is 0 Å². The SMILES string of the molecule is O=C1CC[C@H](Cc2nc(CCCc3ccccc3)no2)N1. The molecule has 1 aromatic carbocycles. The highest BCUT2D eigenvalue weighted by Gasteiger charge is 2.23. The number of hydrogen-bond acceptors (Lipinski definition) is 4. The smallest absolute Gasteiger partial charge is 0.228 e. The van der Waals surface area contributed by atoms with Crippen molar-refractivity contribution in [2.75, 3.05) is 0 Å². The first-order chi connectivity index (χ1) is 10.3. The van der Waals surface area contributed by atoms with Gasteiger partial charge in [-0.05, 0) is 24.8 Å². The van der Waals surface area contributed by atoms with Gasteiger partial charge in [-0.1, -0.05) is 35.5 Å². The van der Waals surface area contributed by atoms with Crippen LogP contribution in [0, 0.1) is 0 Å². The summed E-state index contributed by atoms with van der Waals surface area (Å²) < 4.78 is 5.25. The first-order valence-electron chi connectivity index (χ1n) is 7.44. The number of amides is 1. The summed E-state index contributed by atoms with van der Waals surface area (Å²) in [5.74, 6) is 1.49. The molecule has 0 aliphatic carbocycles. The molecule has 2 heterocycles. The number of carbonyl (C=O) groups is 1. The lowest BCUT2D eigenvalue weighted by Crippen LogP contribution is -2.27.